The van der Waals surface area contributed by atoms with E-state index in [0.29, 0.717) is 6.42 Å². The average molecular weight is 219 g/mol. The van der Waals surface area contributed by atoms with Crippen molar-refractivity contribution in [2.45, 2.75) is 38.1 Å². The number of benzene rings is 1. The van der Waals surface area contributed by atoms with Crippen molar-refractivity contribution in [2.24, 2.45) is 5.73 Å². The Bertz CT molecular complexity index is 401. The van der Waals surface area contributed by atoms with Gasteiger partial charge in [0.1, 0.15) is 0 Å². The molecule has 16 heavy (non-hydrogen) atoms. The minimum Gasteiger partial charge on any atom is -0.481 e. The summed E-state index contributed by atoms with van der Waals surface area (Å²) in [4.78, 5) is 10.5. The maximum Gasteiger partial charge on any atom is 0.303 e. The Morgan fingerprint density at radius 2 is 2.25 bits per heavy atom. The standard InChI is InChI=1S/C13H17NO2/c14-11-7-10-5-1-3-9(12(10)8-11)4-2-6-13(15)16/h1,3,5,11H,2,4,6-8,14H2,(H,15,16). The van der Waals surface area contributed by atoms with Crippen LogP contribution in [0.25, 0.3) is 0 Å². The quantitative estimate of drug-likeness (QED) is 0.807. The average Bonchev–Trinajstić information content (AvgIpc) is 2.58. The van der Waals surface area contributed by atoms with E-state index in [-0.39, 0.29) is 12.5 Å². The van der Waals surface area contributed by atoms with Gasteiger partial charge in [0.2, 0.25) is 0 Å². The SMILES string of the molecule is NC1Cc2cccc(CCCC(=O)O)c2C1. The van der Waals surface area contributed by atoms with Gasteiger partial charge in [0, 0.05) is 12.5 Å². The molecule has 86 valence electrons. The molecule has 1 aromatic rings. The molecule has 3 N–H and O–H groups in total. The number of rotatable bonds is 4. The first-order valence-corrected chi connectivity index (χ1v) is 5.74. The first-order chi connectivity index (χ1) is 7.66. The Morgan fingerprint density at radius 1 is 1.44 bits per heavy atom. The van der Waals surface area contributed by atoms with Crippen molar-refractivity contribution in [3.63, 3.8) is 0 Å². The zero-order valence-electron chi connectivity index (χ0n) is 9.28. The third kappa shape index (κ3) is 2.42. The van der Waals surface area contributed by atoms with Crippen LogP contribution in [0.15, 0.2) is 18.2 Å². The molecule has 0 radical (unpaired) electrons. The van der Waals surface area contributed by atoms with E-state index in [9.17, 15) is 4.79 Å². The van der Waals surface area contributed by atoms with Crippen LogP contribution in [0.2, 0.25) is 0 Å². The summed E-state index contributed by atoms with van der Waals surface area (Å²) in [7, 11) is 0. The Hall–Kier alpha value is -1.35. The molecule has 1 unspecified atom stereocenters. The molecule has 0 bridgehead atoms. The Balaban J connectivity index is 2.05. The summed E-state index contributed by atoms with van der Waals surface area (Å²) in [5, 5.41) is 8.61. The van der Waals surface area contributed by atoms with Gasteiger partial charge in [-0.3, -0.25) is 4.79 Å². The van der Waals surface area contributed by atoms with E-state index >= 15 is 0 Å². The van der Waals surface area contributed by atoms with E-state index in [1.807, 2.05) is 6.07 Å². The predicted octanol–water partition coefficient (Wildman–Crippen LogP) is 1.52. The van der Waals surface area contributed by atoms with Crippen LogP contribution in [0.3, 0.4) is 0 Å². The van der Waals surface area contributed by atoms with E-state index in [2.05, 4.69) is 12.1 Å². The number of aliphatic carboxylic acids is 1. The fourth-order valence-corrected chi connectivity index (χ4v) is 2.42. The van der Waals surface area contributed by atoms with Gasteiger partial charge < -0.3 is 10.8 Å². The third-order valence-electron chi connectivity index (χ3n) is 3.16. The van der Waals surface area contributed by atoms with E-state index in [4.69, 9.17) is 10.8 Å². The van der Waals surface area contributed by atoms with Crippen molar-refractivity contribution in [1.82, 2.24) is 0 Å². The zero-order valence-corrected chi connectivity index (χ0v) is 9.28. The molecule has 0 amide bonds. The summed E-state index contributed by atoms with van der Waals surface area (Å²) in [6.45, 7) is 0. The molecule has 1 atom stereocenters. The molecule has 0 spiro atoms. The van der Waals surface area contributed by atoms with E-state index in [1.165, 1.54) is 16.7 Å². The summed E-state index contributed by atoms with van der Waals surface area (Å²) in [6.07, 6.45) is 3.71. The molecule has 0 aromatic heterocycles. The normalized spacial score (nSPS) is 18.4. The molecule has 1 aliphatic carbocycles. The lowest BCUT2D eigenvalue weighted by atomic mass is 9.99. The van der Waals surface area contributed by atoms with Crippen LogP contribution < -0.4 is 5.73 Å². The Labute approximate surface area is 95.3 Å². The highest BCUT2D eigenvalue weighted by Gasteiger charge is 2.20. The van der Waals surface area contributed by atoms with Gasteiger partial charge in [-0.15, -0.1) is 0 Å². The zero-order chi connectivity index (χ0) is 11.5. The summed E-state index contributed by atoms with van der Waals surface area (Å²) in [6, 6.07) is 6.52. The van der Waals surface area contributed by atoms with Crippen molar-refractivity contribution in [3.05, 3.63) is 34.9 Å². The molecule has 3 heteroatoms. The van der Waals surface area contributed by atoms with Crippen LogP contribution >= 0.6 is 0 Å². The number of hydrogen-bond donors (Lipinski definition) is 2. The van der Waals surface area contributed by atoms with Crippen molar-refractivity contribution in [3.8, 4) is 0 Å². The second-order valence-corrected chi connectivity index (χ2v) is 4.47. The minimum absolute atomic E-state index is 0.246. The van der Waals surface area contributed by atoms with Crippen LogP contribution in [0.5, 0.6) is 0 Å². The molecular weight excluding hydrogens is 202 g/mol. The predicted molar refractivity (Wildman–Crippen MR) is 62.4 cm³/mol. The first kappa shape index (κ1) is 11.1. The number of nitrogens with two attached hydrogens (primary N) is 1. The summed E-state index contributed by atoms with van der Waals surface area (Å²) in [5.41, 5.74) is 9.93. The number of fused-ring (bicyclic) bond motifs is 1. The molecule has 0 heterocycles. The van der Waals surface area contributed by atoms with Gasteiger partial charge in [0.05, 0.1) is 0 Å². The van der Waals surface area contributed by atoms with Crippen LogP contribution in [0.1, 0.15) is 29.5 Å². The largest absolute Gasteiger partial charge is 0.481 e. The second kappa shape index (κ2) is 4.66. The van der Waals surface area contributed by atoms with E-state index in [0.717, 1.165) is 19.3 Å². The van der Waals surface area contributed by atoms with Gasteiger partial charge in [-0.1, -0.05) is 18.2 Å². The number of carbonyl (C=O) groups is 1. The lowest BCUT2D eigenvalue weighted by Crippen LogP contribution is -2.19. The second-order valence-electron chi connectivity index (χ2n) is 4.47. The van der Waals surface area contributed by atoms with E-state index in [1.54, 1.807) is 0 Å². The van der Waals surface area contributed by atoms with Crippen molar-refractivity contribution in [1.29, 1.82) is 0 Å². The molecule has 2 rings (SSSR count). The van der Waals surface area contributed by atoms with Gasteiger partial charge in [-0.25, -0.2) is 0 Å². The van der Waals surface area contributed by atoms with E-state index < -0.39 is 5.97 Å². The monoisotopic (exact) mass is 219 g/mol. The summed E-state index contributed by atoms with van der Waals surface area (Å²) < 4.78 is 0. The highest BCUT2D eigenvalue weighted by molar-refractivity contribution is 5.66. The summed E-state index contributed by atoms with van der Waals surface area (Å²) in [5.74, 6) is -0.718. The van der Waals surface area contributed by atoms with Crippen molar-refractivity contribution >= 4 is 5.97 Å². The topological polar surface area (TPSA) is 63.3 Å². The maximum absolute atomic E-state index is 10.5. The number of carboxylic acids is 1. The molecular formula is C13H17NO2. The molecule has 1 aliphatic rings. The Morgan fingerprint density at radius 3 is 3.00 bits per heavy atom. The number of aryl methyl sites for hydroxylation is 1. The molecule has 1 aromatic carbocycles. The van der Waals surface area contributed by atoms with Crippen LogP contribution in [-0.2, 0) is 24.1 Å². The first-order valence-electron chi connectivity index (χ1n) is 5.74. The highest BCUT2D eigenvalue weighted by Crippen LogP contribution is 2.25. The van der Waals surface area contributed by atoms with Crippen LogP contribution in [0, 0.1) is 0 Å². The Kier molecular flexibility index (Phi) is 3.25. The van der Waals surface area contributed by atoms with Gasteiger partial charge in [-0.05, 0) is 42.4 Å². The fourth-order valence-electron chi connectivity index (χ4n) is 2.42. The highest BCUT2D eigenvalue weighted by atomic mass is 16.4. The lowest BCUT2D eigenvalue weighted by molar-refractivity contribution is -0.137. The lowest BCUT2D eigenvalue weighted by Gasteiger charge is -2.07. The molecule has 0 saturated carbocycles. The van der Waals surface area contributed by atoms with Crippen molar-refractivity contribution in [2.75, 3.05) is 0 Å². The van der Waals surface area contributed by atoms with Crippen LogP contribution in [-0.4, -0.2) is 17.1 Å². The minimum atomic E-state index is -0.718. The smallest absolute Gasteiger partial charge is 0.303 e. The molecule has 0 saturated heterocycles. The van der Waals surface area contributed by atoms with Gasteiger partial charge in [-0.2, -0.15) is 0 Å². The summed E-state index contributed by atoms with van der Waals surface area (Å²) >= 11 is 0. The third-order valence-corrected chi connectivity index (χ3v) is 3.16. The molecule has 3 nitrogen and oxygen atoms in total. The molecule has 0 aliphatic heterocycles. The van der Waals surface area contributed by atoms with Crippen LogP contribution in [0.4, 0.5) is 0 Å². The van der Waals surface area contributed by atoms with Gasteiger partial charge in [0.15, 0.2) is 0 Å². The van der Waals surface area contributed by atoms with Gasteiger partial charge in [0.25, 0.3) is 0 Å². The fraction of sp³-hybridized carbons (Fsp3) is 0.462. The van der Waals surface area contributed by atoms with Crippen molar-refractivity contribution < 1.29 is 9.90 Å². The van der Waals surface area contributed by atoms with Gasteiger partial charge >= 0.3 is 5.97 Å². The number of hydrogen-bond acceptors (Lipinski definition) is 2. The number of carboxylic acid groups (broad SMARTS) is 1. The molecule has 0 fully saturated rings. The maximum atomic E-state index is 10.5.